The summed E-state index contributed by atoms with van der Waals surface area (Å²) in [5, 5.41) is 13.5. The van der Waals surface area contributed by atoms with Crippen molar-refractivity contribution in [2.24, 2.45) is 0 Å². The Morgan fingerprint density at radius 2 is 1.93 bits per heavy atom. The van der Waals surface area contributed by atoms with Crippen molar-refractivity contribution in [3.8, 4) is 5.69 Å². The highest BCUT2D eigenvalue weighted by Crippen LogP contribution is 2.20. The fourth-order valence-electron chi connectivity index (χ4n) is 2.50. The summed E-state index contributed by atoms with van der Waals surface area (Å²) in [6.45, 7) is 3.69. The second-order valence-corrected chi connectivity index (χ2v) is 6.26. The number of carbonyl (C=O) groups excluding carboxylic acids is 3. The molecule has 1 aliphatic rings. The van der Waals surface area contributed by atoms with Gasteiger partial charge in [-0.05, 0) is 51.0 Å². The third kappa shape index (κ3) is 4.69. The number of nitrogens with zero attached hydrogens (tertiary/aromatic N) is 3. The number of anilines is 1. The predicted molar refractivity (Wildman–Crippen MR) is 96.5 cm³/mol. The molecule has 27 heavy (non-hydrogen) atoms. The normalized spacial score (nSPS) is 13.1. The Bertz CT molecular complexity index is 855. The van der Waals surface area contributed by atoms with Crippen molar-refractivity contribution in [3.63, 3.8) is 0 Å². The van der Waals surface area contributed by atoms with Crippen LogP contribution in [0.15, 0.2) is 24.3 Å². The van der Waals surface area contributed by atoms with E-state index < -0.39 is 11.9 Å². The minimum Gasteiger partial charge on any atom is -0.466 e. The van der Waals surface area contributed by atoms with Crippen LogP contribution in [0.3, 0.4) is 0 Å². The van der Waals surface area contributed by atoms with Gasteiger partial charge in [0.1, 0.15) is 6.42 Å². The molecule has 0 unspecified atom stereocenters. The maximum Gasteiger partial charge on any atom is 0.315 e. The van der Waals surface area contributed by atoms with E-state index >= 15 is 0 Å². The Balaban J connectivity index is 1.65. The highest BCUT2D eigenvalue weighted by Gasteiger charge is 2.26. The Kier molecular flexibility index (Phi) is 5.49. The van der Waals surface area contributed by atoms with E-state index in [9.17, 15) is 14.4 Å². The fourth-order valence-corrected chi connectivity index (χ4v) is 2.50. The summed E-state index contributed by atoms with van der Waals surface area (Å²) >= 11 is 0. The van der Waals surface area contributed by atoms with Crippen LogP contribution in [0, 0.1) is 6.92 Å². The lowest BCUT2D eigenvalue weighted by atomic mass is 10.2. The number of rotatable bonds is 7. The van der Waals surface area contributed by atoms with E-state index in [1.54, 1.807) is 42.8 Å². The molecule has 0 atom stereocenters. The zero-order chi connectivity index (χ0) is 19.4. The lowest BCUT2D eigenvalue weighted by Gasteiger charge is -2.07. The van der Waals surface area contributed by atoms with Crippen LogP contribution in [0.2, 0.25) is 0 Å². The van der Waals surface area contributed by atoms with Crippen LogP contribution in [-0.4, -0.2) is 45.4 Å². The molecule has 0 radical (unpaired) electrons. The van der Waals surface area contributed by atoms with Crippen LogP contribution in [-0.2, 0) is 14.3 Å². The van der Waals surface area contributed by atoms with Crippen molar-refractivity contribution >= 4 is 23.5 Å². The second kappa shape index (κ2) is 7.98. The number of carbonyl (C=O) groups is 3. The standard InChI is InChI=1S/C18H21N5O4/c1-3-27-16(25)10-15(24)19-12-6-8-14(9-7-12)23-11(2)17(21-22-23)18(26)20-13-4-5-13/h6-9,13H,3-5,10H2,1-2H3,(H,19,24)(H,20,26). The molecule has 1 heterocycles. The Labute approximate surface area is 156 Å². The third-order valence-electron chi connectivity index (χ3n) is 4.03. The predicted octanol–water partition coefficient (Wildman–Crippen LogP) is 1.36. The van der Waals surface area contributed by atoms with Gasteiger partial charge in [-0.3, -0.25) is 14.4 Å². The number of hydrogen-bond donors (Lipinski definition) is 2. The fraction of sp³-hybridized carbons (Fsp3) is 0.389. The lowest BCUT2D eigenvalue weighted by Crippen LogP contribution is -2.26. The van der Waals surface area contributed by atoms with E-state index in [-0.39, 0.29) is 25.0 Å². The molecule has 2 amide bonds. The van der Waals surface area contributed by atoms with Crippen LogP contribution in [0.25, 0.3) is 5.69 Å². The van der Waals surface area contributed by atoms with Crippen molar-refractivity contribution in [1.29, 1.82) is 0 Å². The number of amides is 2. The van der Waals surface area contributed by atoms with Gasteiger partial charge < -0.3 is 15.4 Å². The molecule has 1 fully saturated rings. The van der Waals surface area contributed by atoms with Gasteiger partial charge in [-0.25, -0.2) is 4.68 Å². The van der Waals surface area contributed by atoms with Gasteiger partial charge in [-0.1, -0.05) is 5.21 Å². The molecule has 9 nitrogen and oxygen atoms in total. The molecular weight excluding hydrogens is 350 g/mol. The summed E-state index contributed by atoms with van der Waals surface area (Å²) in [6.07, 6.45) is 1.67. The molecule has 1 saturated carbocycles. The van der Waals surface area contributed by atoms with Gasteiger partial charge in [0.05, 0.1) is 18.0 Å². The summed E-state index contributed by atoms with van der Waals surface area (Å²) < 4.78 is 6.30. The van der Waals surface area contributed by atoms with Crippen molar-refractivity contribution in [2.45, 2.75) is 39.2 Å². The van der Waals surface area contributed by atoms with E-state index in [4.69, 9.17) is 4.74 Å². The van der Waals surface area contributed by atoms with E-state index in [1.807, 2.05) is 0 Å². The number of nitrogens with one attached hydrogen (secondary N) is 2. The van der Waals surface area contributed by atoms with Crippen LogP contribution in [0.1, 0.15) is 42.4 Å². The molecule has 1 aromatic heterocycles. The first-order valence-electron chi connectivity index (χ1n) is 8.77. The summed E-state index contributed by atoms with van der Waals surface area (Å²) in [6, 6.07) is 7.10. The summed E-state index contributed by atoms with van der Waals surface area (Å²) in [4.78, 5) is 35.3. The smallest absolute Gasteiger partial charge is 0.315 e. The maximum atomic E-state index is 12.2. The Morgan fingerprint density at radius 3 is 2.56 bits per heavy atom. The number of ether oxygens (including phenoxy) is 1. The average Bonchev–Trinajstić information content (AvgIpc) is 3.35. The van der Waals surface area contributed by atoms with Crippen molar-refractivity contribution in [3.05, 3.63) is 35.7 Å². The first-order valence-corrected chi connectivity index (χ1v) is 8.77. The van der Waals surface area contributed by atoms with Gasteiger partial charge >= 0.3 is 5.97 Å². The molecule has 2 aromatic rings. The van der Waals surface area contributed by atoms with E-state index in [0.717, 1.165) is 12.8 Å². The highest BCUT2D eigenvalue weighted by atomic mass is 16.5. The molecule has 0 spiro atoms. The lowest BCUT2D eigenvalue weighted by molar-refractivity contribution is -0.145. The molecule has 1 aliphatic carbocycles. The molecule has 2 N–H and O–H groups in total. The number of hydrogen-bond acceptors (Lipinski definition) is 6. The van der Waals surface area contributed by atoms with Crippen molar-refractivity contribution in [2.75, 3.05) is 11.9 Å². The number of aromatic nitrogens is 3. The summed E-state index contributed by atoms with van der Waals surface area (Å²) in [7, 11) is 0. The molecule has 1 aromatic carbocycles. The number of benzene rings is 1. The van der Waals surface area contributed by atoms with E-state index in [1.165, 1.54) is 0 Å². The monoisotopic (exact) mass is 371 g/mol. The second-order valence-electron chi connectivity index (χ2n) is 6.26. The molecule has 0 aliphatic heterocycles. The zero-order valence-electron chi connectivity index (χ0n) is 15.2. The van der Waals surface area contributed by atoms with Crippen LogP contribution >= 0.6 is 0 Å². The van der Waals surface area contributed by atoms with Gasteiger partial charge in [-0.15, -0.1) is 5.10 Å². The summed E-state index contributed by atoms with van der Waals surface area (Å²) in [5.41, 5.74) is 2.17. The van der Waals surface area contributed by atoms with E-state index in [2.05, 4.69) is 20.9 Å². The largest absolute Gasteiger partial charge is 0.466 e. The van der Waals surface area contributed by atoms with Crippen LogP contribution < -0.4 is 10.6 Å². The van der Waals surface area contributed by atoms with Gasteiger partial charge in [0, 0.05) is 11.7 Å². The molecule has 9 heteroatoms. The quantitative estimate of drug-likeness (QED) is 0.561. The minimum atomic E-state index is -0.568. The Morgan fingerprint density at radius 1 is 1.22 bits per heavy atom. The molecular formula is C18H21N5O4. The zero-order valence-corrected chi connectivity index (χ0v) is 15.2. The van der Waals surface area contributed by atoms with E-state index in [0.29, 0.717) is 22.8 Å². The maximum absolute atomic E-state index is 12.2. The highest BCUT2D eigenvalue weighted by molar-refractivity contribution is 6.01. The minimum absolute atomic E-state index is 0.218. The van der Waals surface area contributed by atoms with Gasteiger partial charge in [0.15, 0.2) is 5.69 Å². The molecule has 0 saturated heterocycles. The van der Waals surface area contributed by atoms with Gasteiger partial charge in [0.25, 0.3) is 5.91 Å². The first kappa shape index (κ1) is 18.6. The number of esters is 1. The molecule has 142 valence electrons. The summed E-state index contributed by atoms with van der Waals surface area (Å²) in [5.74, 6) is -1.23. The average molecular weight is 371 g/mol. The van der Waals surface area contributed by atoms with Gasteiger partial charge in [0.2, 0.25) is 5.91 Å². The van der Waals surface area contributed by atoms with Crippen molar-refractivity contribution in [1.82, 2.24) is 20.3 Å². The van der Waals surface area contributed by atoms with Crippen LogP contribution in [0.4, 0.5) is 5.69 Å². The molecule has 0 bridgehead atoms. The molecule has 3 rings (SSSR count). The van der Waals surface area contributed by atoms with Gasteiger partial charge in [-0.2, -0.15) is 0 Å². The topological polar surface area (TPSA) is 115 Å². The van der Waals surface area contributed by atoms with Crippen LogP contribution in [0.5, 0.6) is 0 Å². The SMILES string of the molecule is CCOC(=O)CC(=O)Nc1ccc(-n2nnc(C(=O)NC3CC3)c2C)cc1. The Hall–Kier alpha value is -3.23. The van der Waals surface area contributed by atoms with Crippen molar-refractivity contribution < 1.29 is 19.1 Å². The first-order chi connectivity index (χ1) is 13.0. The third-order valence-corrected chi connectivity index (χ3v) is 4.03.